The maximum Gasteiger partial charge on any atom is 0.306 e. The van der Waals surface area contributed by atoms with Gasteiger partial charge in [-0.25, -0.2) is 0 Å². The smallest absolute Gasteiger partial charge is 0.306 e. The van der Waals surface area contributed by atoms with Crippen molar-refractivity contribution in [2.24, 2.45) is 0 Å². The van der Waals surface area contributed by atoms with E-state index in [-0.39, 0.29) is 17.8 Å². The quantitative estimate of drug-likeness (QED) is 0.477. The highest BCUT2D eigenvalue weighted by Crippen LogP contribution is 2.30. The highest BCUT2D eigenvalue weighted by molar-refractivity contribution is 7.99. The van der Waals surface area contributed by atoms with Crippen LogP contribution in [0.1, 0.15) is 37.7 Å². The highest BCUT2D eigenvalue weighted by Gasteiger charge is 2.15. The van der Waals surface area contributed by atoms with Crippen molar-refractivity contribution in [3.8, 4) is 0 Å². The third kappa shape index (κ3) is 7.77. The van der Waals surface area contributed by atoms with Gasteiger partial charge in [-0.1, -0.05) is 42.6 Å². The minimum absolute atomic E-state index is 0.0453. The molecule has 24 heavy (non-hydrogen) atoms. The number of methoxy groups -OCH3 is 1. The van der Waals surface area contributed by atoms with E-state index in [1.54, 1.807) is 6.07 Å². The number of carbonyl (C=O) groups excluding carboxylic acids is 2. The van der Waals surface area contributed by atoms with E-state index < -0.39 is 0 Å². The first-order chi connectivity index (χ1) is 11.5. The van der Waals surface area contributed by atoms with Crippen molar-refractivity contribution in [1.82, 2.24) is 5.32 Å². The van der Waals surface area contributed by atoms with Gasteiger partial charge >= 0.3 is 5.97 Å². The molecule has 0 saturated carbocycles. The molecule has 0 aliphatic rings. The lowest BCUT2D eigenvalue weighted by Crippen LogP contribution is -2.30. The fourth-order valence-corrected chi connectivity index (χ4v) is 3.56. The minimum Gasteiger partial charge on any atom is -0.469 e. The summed E-state index contributed by atoms with van der Waals surface area (Å²) in [6.45, 7) is 2.63. The van der Waals surface area contributed by atoms with Crippen LogP contribution >= 0.6 is 35.0 Å². The van der Waals surface area contributed by atoms with Gasteiger partial charge in [0.2, 0.25) is 5.91 Å². The van der Waals surface area contributed by atoms with Crippen LogP contribution in [0.15, 0.2) is 18.2 Å². The Kier molecular flexibility index (Phi) is 10.2. The second kappa shape index (κ2) is 11.6. The Hall–Kier alpha value is -0.910. The van der Waals surface area contributed by atoms with Gasteiger partial charge < -0.3 is 10.1 Å². The van der Waals surface area contributed by atoms with Crippen LogP contribution in [-0.4, -0.2) is 37.0 Å². The minimum atomic E-state index is -0.261. The summed E-state index contributed by atoms with van der Waals surface area (Å²) >= 11 is 13.6. The predicted octanol–water partition coefficient (Wildman–Crippen LogP) is 4.29. The van der Waals surface area contributed by atoms with Crippen LogP contribution in [0.3, 0.4) is 0 Å². The van der Waals surface area contributed by atoms with Gasteiger partial charge in [-0.3, -0.25) is 9.59 Å². The van der Waals surface area contributed by atoms with E-state index in [4.69, 9.17) is 23.2 Å². The summed E-state index contributed by atoms with van der Waals surface area (Å²) in [7, 11) is 1.36. The first-order valence-corrected chi connectivity index (χ1v) is 9.75. The first-order valence-electron chi connectivity index (χ1n) is 7.84. The molecule has 0 unspecified atom stereocenters. The van der Waals surface area contributed by atoms with Crippen molar-refractivity contribution in [2.75, 3.05) is 25.2 Å². The van der Waals surface area contributed by atoms with E-state index in [1.165, 1.54) is 18.9 Å². The Morgan fingerprint density at radius 2 is 2.08 bits per heavy atom. The molecule has 1 N–H and O–H groups in total. The standard InChI is InChI=1S/C17H23Cl2NO3S/c1-3-4-12(14-6-5-13(18)9-15(14)19)10-20-16(21)11-24-8-7-17(22)23-2/h5-6,9,12H,3-4,7-8,10-11H2,1-2H3,(H,20,21)/t12-/m0/s1. The number of halogens is 2. The zero-order chi connectivity index (χ0) is 17.9. The van der Waals surface area contributed by atoms with Crippen LogP contribution in [-0.2, 0) is 14.3 Å². The van der Waals surface area contributed by atoms with Gasteiger partial charge in [0.15, 0.2) is 0 Å². The Labute approximate surface area is 157 Å². The summed E-state index contributed by atoms with van der Waals surface area (Å²) in [5.41, 5.74) is 1.00. The topological polar surface area (TPSA) is 55.4 Å². The van der Waals surface area contributed by atoms with Gasteiger partial charge in [-0.05, 0) is 24.1 Å². The van der Waals surface area contributed by atoms with Crippen molar-refractivity contribution in [1.29, 1.82) is 0 Å². The summed E-state index contributed by atoms with van der Waals surface area (Å²) in [4.78, 5) is 22.9. The number of carbonyl (C=O) groups is 2. The van der Waals surface area contributed by atoms with Crippen LogP contribution < -0.4 is 5.32 Å². The van der Waals surface area contributed by atoms with Crippen molar-refractivity contribution in [3.05, 3.63) is 33.8 Å². The number of esters is 1. The van der Waals surface area contributed by atoms with Crippen molar-refractivity contribution in [2.45, 2.75) is 32.1 Å². The molecule has 1 aromatic rings. The van der Waals surface area contributed by atoms with Crippen molar-refractivity contribution >= 4 is 46.8 Å². The Balaban J connectivity index is 2.45. The maximum absolute atomic E-state index is 11.9. The monoisotopic (exact) mass is 391 g/mol. The molecule has 1 amide bonds. The third-order valence-corrected chi connectivity index (χ3v) is 5.02. The van der Waals surface area contributed by atoms with Crippen molar-refractivity contribution < 1.29 is 14.3 Å². The van der Waals surface area contributed by atoms with E-state index in [2.05, 4.69) is 17.0 Å². The lowest BCUT2D eigenvalue weighted by molar-refractivity contribution is -0.140. The summed E-state index contributed by atoms with van der Waals surface area (Å²) < 4.78 is 4.56. The average Bonchev–Trinajstić information content (AvgIpc) is 2.55. The summed E-state index contributed by atoms with van der Waals surface area (Å²) in [5.74, 6) is 0.745. The van der Waals surface area contributed by atoms with E-state index in [0.29, 0.717) is 34.5 Å². The molecule has 0 spiro atoms. The second-order valence-electron chi connectivity index (χ2n) is 5.33. The van der Waals surface area contributed by atoms with E-state index in [0.717, 1.165) is 18.4 Å². The molecule has 1 aromatic carbocycles. The van der Waals surface area contributed by atoms with Gasteiger partial charge in [-0.15, -0.1) is 0 Å². The van der Waals surface area contributed by atoms with Gasteiger partial charge in [0.1, 0.15) is 0 Å². The molecule has 0 fully saturated rings. The Morgan fingerprint density at radius 1 is 1.33 bits per heavy atom. The number of hydrogen-bond acceptors (Lipinski definition) is 4. The molecule has 134 valence electrons. The normalized spacial score (nSPS) is 11.8. The lowest BCUT2D eigenvalue weighted by Gasteiger charge is -2.19. The summed E-state index contributed by atoms with van der Waals surface area (Å²) in [6, 6.07) is 5.46. The van der Waals surface area contributed by atoms with Gasteiger partial charge in [0.05, 0.1) is 19.3 Å². The summed E-state index contributed by atoms with van der Waals surface area (Å²) in [6.07, 6.45) is 2.23. The molecule has 0 saturated heterocycles. The molecule has 0 aromatic heterocycles. The zero-order valence-electron chi connectivity index (χ0n) is 13.9. The number of nitrogens with one attached hydrogen (secondary N) is 1. The number of hydrogen-bond donors (Lipinski definition) is 1. The zero-order valence-corrected chi connectivity index (χ0v) is 16.3. The largest absolute Gasteiger partial charge is 0.469 e. The molecular weight excluding hydrogens is 369 g/mol. The molecule has 7 heteroatoms. The van der Waals surface area contributed by atoms with E-state index in [9.17, 15) is 9.59 Å². The molecular formula is C17H23Cl2NO3S. The van der Waals surface area contributed by atoms with Crippen LogP contribution in [0.5, 0.6) is 0 Å². The lowest BCUT2D eigenvalue weighted by atomic mass is 9.94. The fourth-order valence-electron chi connectivity index (χ4n) is 2.26. The van der Waals surface area contributed by atoms with Crippen LogP contribution in [0.25, 0.3) is 0 Å². The van der Waals surface area contributed by atoms with Gasteiger partial charge in [0, 0.05) is 28.3 Å². The molecule has 0 aliphatic heterocycles. The van der Waals surface area contributed by atoms with Crippen LogP contribution in [0, 0.1) is 0 Å². The SMILES string of the molecule is CCC[C@@H](CNC(=O)CSCCC(=O)OC)c1ccc(Cl)cc1Cl. The van der Waals surface area contributed by atoms with Crippen molar-refractivity contribution in [3.63, 3.8) is 0 Å². The Morgan fingerprint density at radius 3 is 2.71 bits per heavy atom. The average molecular weight is 392 g/mol. The summed E-state index contributed by atoms with van der Waals surface area (Å²) in [5, 5.41) is 4.17. The van der Waals surface area contributed by atoms with Gasteiger partial charge in [0.25, 0.3) is 0 Å². The number of amides is 1. The molecule has 1 atom stereocenters. The van der Waals surface area contributed by atoms with E-state index in [1.807, 2.05) is 12.1 Å². The van der Waals surface area contributed by atoms with Gasteiger partial charge in [-0.2, -0.15) is 11.8 Å². The fraction of sp³-hybridized carbons (Fsp3) is 0.529. The second-order valence-corrected chi connectivity index (χ2v) is 7.28. The Bertz CT molecular complexity index is 555. The molecule has 0 bridgehead atoms. The predicted molar refractivity (Wildman–Crippen MR) is 101 cm³/mol. The van der Waals surface area contributed by atoms with E-state index >= 15 is 0 Å². The molecule has 4 nitrogen and oxygen atoms in total. The maximum atomic E-state index is 11.9. The molecule has 0 radical (unpaired) electrons. The number of rotatable bonds is 10. The number of benzene rings is 1. The molecule has 0 aliphatic carbocycles. The number of ether oxygens (including phenoxy) is 1. The third-order valence-electron chi connectivity index (χ3n) is 3.50. The number of thioether (sulfide) groups is 1. The highest BCUT2D eigenvalue weighted by atomic mass is 35.5. The first kappa shape index (κ1) is 21.1. The molecule has 0 heterocycles. The van der Waals surface area contributed by atoms with Crippen LogP contribution in [0.2, 0.25) is 10.0 Å². The van der Waals surface area contributed by atoms with Crippen LogP contribution in [0.4, 0.5) is 0 Å². The molecule has 1 rings (SSSR count).